The van der Waals surface area contributed by atoms with Crippen LogP contribution < -0.4 is 5.32 Å². The Bertz CT molecular complexity index is 593. The largest absolute Gasteiger partial charge is 0.385 e. The minimum atomic E-state index is -0.272. The number of nitrogens with zero attached hydrogens (tertiary/aromatic N) is 1. The van der Waals surface area contributed by atoms with E-state index >= 15 is 0 Å². The molecule has 0 bridgehead atoms. The van der Waals surface area contributed by atoms with Crippen LogP contribution in [0.25, 0.3) is 0 Å². The molecule has 0 aliphatic rings. The van der Waals surface area contributed by atoms with Crippen molar-refractivity contribution in [3.05, 3.63) is 65.5 Å². The third-order valence-electron chi connectivity index (χ3n) is 3.19. The Morgan fingerprint density at radius 1 is 1.10 bits per heavy atom. The molecule has 0 spiro atoms. The monoisotopic (exact) mass is 286 g/mol. The number of hydrogen-bond acceptors (Lipinski definition) is 2. The number of halogens is 1. The van der Waals surface area contributed by atoms with E-state index in [1.807, 2.05) is 31.2 Å². The van der Waals surface area contributed by atoms with E-state index in [9.17, 15) is 9.18 Å². The van der Waals surface area contributed by atoms with E-state index in [-0.39, 0.29) is 11.7 Å². The molecule has 1 N–H and O–H groups in total. The first-order valence-corrected chi connectivity index (χ1v) is 6.94. The number of carbonyl (C=O) groups is 1. The van der Waals surface area contributed by atoms with Crippen LogP contribution in [-0.4, -0.2) is 24.4 Å². The van der Waals surface area contributed by atoms with E-state index < -0.39 is 0 Å². The summed E-state index contributed by atoms with van der Waals surface area (Å²) < 4.78 is 12.9. The summed E-state index contributed by atoms with van der Waals surface area (Å²) in [6.07, 6.45) is 0. The molecule has 0 unspecified atom stereocenters. The molecule has 0 heterocycles. The third kappa shape index (κ3) is 4.05. The van der Waals surface area contributed by atoms with Gasteiger partial charge in [-0.3, -0.25) is 4.79 Å². The van der Waals surface area contributed by atoms with Gasteiger partial charge in [-0.25, -0.2) is 4.39 Å². The molecule has 0 saturated carbocycles. The van der Waals surface area contributed by atoms with Crippen molar-refractivity contribution in [3.63, 3.8) is 0 Å². The van der Waals surface area contributed by atoms with Gasteiger partial charge in [0.1, 0.15) is 5.82 Å². The SMILES string of the molecule is CCNc1ccc(C(=O)N(C)Cc2ccc(F)cc2)cc1. The van der Waals surface area contributed by atoms with Crippen LogP contribution in [0.5, 0.6) is 0 Å². The summed E-state index contributed by atoms with van der Waals surface area (Å²) in [6, 6.07) is 13.6. The normalized spacial score (nSPS) is 10.2. The summed E-state index contributed by atoms with van der Waals surface area (Å²) in [4.78, 5) is 13.9. The maximum Gasteiger partial charge on any atom is 0.253 e. The fourth-order valence-corrected chi connectivity index (χ4v) is 2.09. The highest BCUT2D eigenvalue weighted by Crippen LogP contribution is 2.13. The number of hydrogen-bond donors (Lipinski definition) is 1. The minimum Gasteiger partial charge on any atom is -0.385 e. The quantitative estimate of drug-likeness (QED) is 0.912. The summed E-state index contributed by atoms with van der Waals surface area (Å²) >= 11 is 0. The van der Waals surface area contributed by atoms with Crippen LogP contribution in [0.4, 0.5) is 10.1 Å². The fourth-order valence-electron chi connectivity index (χ4n) is 2.09. The molecule has 21 heavy (non-hydrogen) atoms. The number of carbonyl (C=O) groups excluding carboxylic acids is 1. The Labute approximate surface area is 124 Å². The van der Waals surface area contributed by atoms with E-state index in [1.54, 1.807) is 24.1 Å². The van der Waals surface area contributed by atoms with Gasteiger partial charge in [0.2, 0.25) is 0 Å². The first kappa shape index (κ1) is 15.0. The zero-order valence-corrected chi connectivity index (χ0v) is 12.3. The predicted molar refractivity (Wildman–Crippen MR) is 82.8 cm³/mol. The first-order chi connectivity index (χ1) is 10.1. The Morgan fingerprint density at radius 2 is 1.71 bits per heavy atom. The molecule has 4 heteroatoms. The van der Waals surface area contributed by atoms with Gasteiger partial charge in [-0.15, -0.1) is 0 Å². The molecule has 2 aromatic rings. The van der Waals surface area contributed by atoms with Crippen molar-refractivity contribution in [2.75, 3.05) is 18.9 Å². The number of anilines is 1. The summed E-state index contributed by atoms with van der Waals surface area (Å²) in [5.41, 5.74) is 2.54. The number of amides is 1. The zero-order valence-electron chi connectivity index (χ0n) is 12.3. The Hall–Kier alpha value is -2.36. The van der Waals surface area contributed by atoms with E-state index in [0.29, 0.717) is 12.1 Å². The lowest BCUT2D eigenvalue weighted by molar-refractivity contribution is 0.0785. The second-order valence-corrected chi connectivity index (χ2v) is 4.90. The van der Waals surface area contributed by atoms with Crippen LogP contribution in [0.1, 0.15) is 22.8 Å². The van der Waals surface area contributed by atoms with E-state index in [0.717, 1.165) is 17.8 Å². The van der Waals surface area contributed by atoms with Crippen LogP contribution in [0.2, 0.25) is 0 Å². The summed E-state index contributed by atoms with van der Waals surface area (Å²) in [5, 5.41) is 3.19. The lowest BCUT2D eigenvalue weighted by Gasteiger charge is -2.17. The molecule has 0 aliphatic heterocycles. The van der Waals surface area contributed by atoms with Gasteiger partial charge in [0, 0.05) is 31.4 Å². The first-order valence-electron chi connectivity index (χ1n) is 6.94. The molecule has 0 aliphatic carbocycles. The highest BCUT2D eigenvalue weighted by Gasteiger charge is 2.11. The molecule has 110 valence electrons. The smallest absolute Gasteiger partial charge is 0.253 e. The molecule has 0 atom stereocenters. The maximum atomic E-state index is 12.9. The van der Waals surface area contributed by atoms with Gasteiger partial charge >= 0.3 is 0 Å². The number of rotatable bonds is 5. The second-order valence-electron chi connectivity index (χ2n) is 4.90. The van der Waals surface area contributed by atoms with E-state index in [2.05, 4.69) is 5.32 Å². The third-order valence-corrected chi connectivity index (χ3v) is 3.19. The molecule has 0 radical (unpaired) electrons. The minimum absolute atomic E-state index is 0.0534. The van der Waals surface area contributed by atoms with E-state index in [4.69, 9.17) is 0 Å². The van der Waals surface area contributed by atoms with Crippen molar-refractivity contribution in [2.24, 2.45) is 0 Å². The van der Waals surface area contributed by atoms with Crippen LogP contribution in [-0.2, 0) is 6.54 Å². The molecule has 0 fully saturated rings. The van der Waals surface area contributed by atoms with Crippen LogP contribution in [0.15, 0.2) is 48.5 Å². The highest BCUT2D eigenvalue weighted by molar-refractivity contribution is 5.94. The van der Waals surface area contributed by atoms with Crippen LogP contribution >= 0.6 is 0 Å². The molecule has 1 amide bonds. The van der Waals surface area contributed by atoms with Gasteiger partial charge in [0.15, 0.2) is 0 Å². The summed E-state index contributed by atoms with van der Waals surface area (Å²) in [7, 11) is 1.74. The lowest BCUT2D eigenvalue weighted by atomic mass is 10.1. The molecule has 2 rings (SSSR count). The Morgan fingerprint density at radius 3 is 2.29 bits per heavy atom. The van der Waals surface area contributed by atoms with Crippen LogP contribution in [0.3, 0.4) is 0 Å². The van der Waals surface area contributed by atoms with Gasteiger partial charge in [-0.05, 0) is 48.9 Å². The molecule has 3 nitrogen and oxygen atoms in total. The van der Waals surface area contributed by atoms with Crippen molar-refractivity contribution < 1.29 is 9.18 Å². The predicted octanol–water partition coefficient (Wildman–Crippen LogP) is 3.53. The second kappa shape index (κ2) is 6.88. The summed E-state index contributed by atoms with van der Waals surface area (Å²) in [6.45, 7) is 3.32. The van der Waals surface area contributed by atoms with Gasteiger partial charge in [0.25, 0.3) is 5.91 Å². The fraction of sp³-hybridized carbons (Fsp3) is 0.235. The van der Waals surface area contributed by atoms with Crippen LogP contribution in [0, 0.1) is 5.82 Å². The van der Waals surface area contributed by atoms with E-state index in [1.165, 1.54) is 12.1 Å². The van der Waals surface area contributed by atoms with Gasteiger partial charge in [-0.1, -0.05) is 12.1 Å². The average Bonchev–Trinajstić information content (AvgIpc) is 2.50. The molecule has 2 aromatic carbocycles. The number of benzene rings is 2. The average molecular weight is 286 g/mol. The maximum absolute atomic E-state index is 12.9. The lowest BCUT2D eigenvalue weighted by Crippen LogP contribution is -2.26. The Kier molecular flexibility index (Phi) is 4.93. The molecule has 0 aromatic heterocycles. The topological polar surface area (TPSA) is 32.3 Å². The zero-order chi connectivity index (χ0) is 15.2. The van der Waals surface area contributed by atoms with Gasteiger partial charge < -0.3 is 10.2 Å². The van der Waals surface area contributed by atoms with Crippen molar-refractivity contribution in [1.82, 2.24) is 4.90 Å². The molecular formula is C17H19FN2O. The number of nitrogens with one attached hydrogen (secondary N) is 1. The molecule has 0 saturated heterocycles. The van der Waals surface area contributed by atoms with Gasteiger partial charge in [-0.2, -0.15) is 0 Å². The summed E-state index contributed by atoms with van der Waals surface area (Å²) in [5.74, 6) is -0.325. The van der Waals surface area contributed by atoms with Crippen molar-refractivity contribution in [1.29, 1.82) is 0 Å². The molecular weight excluding hydrogens is 267 g/mol. The highest BCUT2D eigenvalue weighted by atomic mass is 19.1. The Balaban J connectivity index is 2.02. The van der Waals surface area contributed by atoms with Gasteiger partial charge in [0.05, 0.1) is 0 Å². The standard InChI is InChI=1S/C17H19FN2O/c1-3-19-16-10-6-14(7-11-16)17(21)20(2)12-13-4-8-15(18)9-5-13/h4-11,19H,3,12H2,1-2H3. The van der Waals surface area contributed by atoms with Crippen molar-refractivity contribution >= 4 is 11.6 Å². The van der Waals surface area contributed by atoms with Crippen molar-refractivity contribution in [3.8, 4) is 0 Å². The van der Waals surface area contributed by atoms with Crippen molar-refractivity contribution in [2.45, 2.75) is 13.5 Å².